The van der Waals surface area contributed by atoms with Crippen molar-refractivity contribution in [2.45, 2.75) is 52.9 Å². The first kappa shape index (κ1) is 16.4. The topological polar surface area (TPSA) is 35.5 Å². The summed E-state index contributed by atoms with van der Waals surface area (Å²) in [4.78, 5) is 12.0. The number of Topliss-reactive ketones (excluding diaryl/α,β-unsaturated/α-hetero) is 1. The van der Waals surface area contributed by atoms with Crippen LogP contribution in [0.25, 0.3) is 0 Å². The van der Waals surface area contributed by atoms with Gasteiger partial charge in [-0.2, -0.15) is 0 Å². The second kappa shape index (κ2) is 5.25. The molecule has 3 rings (SSSR count). The Balaban J connectivity index is 2.14. The minimum atomic E-state index is 0.0401. The van der Waals surface area contributed by atoms with E-state index < -0.39 is 0 Å². The Morgan fingerprint density at radius 2 is 1.78 bits per heavy atom. The minimum Gasteiger partial charge on any atom is -0.496 e. The quantitative estimate of drug-likeness (QED) is 0.746. The first-order valence-corrected chi connectivity index (χ1v) is 8.53. The highest BCUT2D eigenvalue weighted by atomic mass is 16.5. The predicted octanol–water partition coefficient (Wildman–Crippen LogP) is 4.84. The van der Waals surface area contributed by atoms with Crippen LogP contribution in [-0.4, -0.2) is 20.0 Å². The minimum absolute atomic E-state index is 0.0401. The average molecular weight is 316 g/mol. The molecule has 3 heteroatoms. The van der Waals surface area contributed by atoms with Gasteiger partial charge >= 0.3 is 0 Å². The molecule has 2 aliphatic rings. The molecule has 1 aromatic rings. The third-order valence-corrected chi connectivity index (χ3v) is 7.10. The van der Waals surface area contributed by atoms with E-state index in [1.54, 1.807) is 21.1 Å². The molecule has 0 heterocycles. The monoisotopic (exact) mass is 316 g/mol. The summed E-state index contributed by atoms with van der Waals surface area (Å²) in [5, 5.41) is 0. The fraction of sp³-hybridized carbons (Fsp3) is 0.650. The predicted molar refractivity (Wildman–Crippen MR) is 91.5 cm³/mol. The van der Waals surface area contributed by atoms with Gasteiger partial charge in [0, 0.05) is 6.07 Å². The molecule has 126 valence electrons. The molecule has 0 aromatic heterocycles. The summed E-state index contributed by atoms with van der Waals surface area (Å²) in [6.07, 6.45) is 3.75. The van der Waals surface area contributed by atoms with Crippen molar-refractivity contribution in [3.05, 3.63) is 23.3 Å². The smallest absolute Gasteiger partial charge is 0.163 e. The van der Waals surface area contributed by atoms with Crippen LogP contribution in [0.5, 0.6) is 11.5 Å². The van der Waals surface area contributed by atoms with Crippen LogP contribution in [0.2, 0.25) is 0 Å². The van der Waals surface area contributed by atoms with Crippen LogP contribution in [-0.2, 0) is 0 Å². The number of fused-ring (bicyclic) bond motifs is 2. The lowest BCUT2D eigenvalue weighted by Gasteiger charge is -2.40. The van der Waals surface area contributed by atoms with Crippen LogP contribution in [0.15, 0.2) is 12.1 Å². The summed E-state index contributed by atoms with van der Waals surface area (Å²) < 4.78 is 11.1. The zero-order valence-corrected chi connectivity index (χ0v) is 15.2. The largest absolute Gasteiger partial charge is 0.496 e. The average Bonchev–Trinajstić information content (AvgIpc) is 2.86. The molecule has 2 bridgehead atoms. The molecule has 0 saturated heterocycles. The summed E-state index contributed by atoms with van der Waals surface area (Å²) in [6.45, 7) is 8.83. The highest BCUT2D eigenvalue weighted by molar-refractivity contribution is 5.97. The Morgan fingerprint density at radius 3 is 2.22 bits per heavy atom. The van der Waals surface area contributed by atoms with Gasteiger partial charge in [-0.1, -0.05) is 20.8 Å². The molecule has 3 nitrogen and oxygen atoms in total. The highest BCUT2D eigenvalue weighted by Gasteiger charge is 2.61. The zero-order chi connectivity index (χ0) is 17.0. The fourth-order valence-corrected chi connectivity index (χ4v) is 5.14. The number of hydrogen-bond donors (Lipinski definition) is 0. The standard InChI is InChI=1S/C20H28O3/c1-12(21)14-10-15(18(23-6)11-17(14)22-5)16-9-13-7-8-20(16,4)19(13,2)3/h10-11,13,16H,7-9H2,1-6H3. The SMILES string of the molecule is COc1cc(OC)c(C2CC3CCC2(C)C3(C)C)cc1C(C)=O. The van der Waals surface area contributed by atoms with Crippen molar-refractivity contribution < 1.29 is 14.3 Å². The van der Waals surface area contributed by atoms with E-state index in [4.69, 9.17) is 9.47 Å². The van der Waals surface area contributed by atoms with Gasteiger partial charge in [0.05, 0.1) is 19.8 Å². The number of hydrogen-bond acceptors (Lipinski definition) is 3. The molecule has 3 unspecified atom stereocenters. The van der Waals surface area contributed by atoms with Gasteiger partial charge < -0.3 is 9.47 Å². The van der Waals surface area contributed by atoms with E-state index in [1.165, 1.54) is 24.8 Å². The number of carbonyl (C=O) groups is 1. The Labute approximate surface area is 139 Å². The molecular formula is C20H28O3. The molecule has 0 radical (unpaired) electrons. The van der Waals surface area contributed by atoms with Crippen LogP contribution in [0, 0.1) is 16.7 Å². The van der Waals surface area contributed by atoms with E-state index in [0.29, 0.717) is 22.6 Å². The number of benzene rings is 1. The lowest BCUT2D eigenvalue weighted by Crippen LogP contribution is -2.31. The molecule has 1 aromatic carbocycles. The Hall–Kier alpha value is -1.51. The van der Waals surface area contributed by atoms with Crippen molar-refractivity contribution in [3.8, 4) is 11.5 Å². The van der Waals surface area contributed by atoms with Gasteiger partial charge in [0.1, 0.15) is 11.5 Å². The van der Waals surface area contributed by atoms with E-state index >= 15 is 0 Å². The third kappa shape index (κ3) is 2.12. The lowest BCUT2D eigenvalue weighted by atomic mass is 9.65. The molecule has 2 fully saturated rings. The van der Waals surface area contributed by atoms with Crippen LogP contribution in [0.4, 0.5) is 0 Å². The van der Waals surface area contributed by atoms with Crippen molar-refractivity contribution in [1.82, 2.24) is 0 Å². The molecule has 0 N–H and O–H groups in total. The number of rotatable bonds is 4. The Kier molecular flexibility index (Phi) is 3.74. The van der Waals surface area contributed by atoms with Crippen molar-refractivity contribution >= 4 is 5.78 Å². The van der Waals surface area contributed by atoms with Crippen LogP contribution < -0.4 is 9.47 Å². The maximum absolute atomic E-state index is 12.0. The molecule has 2 aliphatic carbocycles. The molecule has 0 spiro atoms. The second-order valence-corrected chi connectivity index (χ2v) is 8.01. The van der Waals surface area contributed by atoms with Crippen molar-refractivity contribution in [2.24, 2.45) is 16.7 Å². The van der Waals surface area contributed by atoms with Crippen LogP contribution in [0.3, 0.4) is 0 Å². The molecular weight excluding hydrogens is 288 g/mol. The molecule has 3 atom stereocenters. The third-order valence-electron chi connectivity index (χ3n) is 7.10. The first-order valence-electron chi connectivity index (χ1n) is 8.53. The number of methoxy groups -OCH3 is 2. The van der Waals surface area contributed by atoms with E-state index in [9.17, 15) is 4.79 Å². The highest BCUT2D eigenvalue weighted by Crippen LogP contribution is 2.71. The summed E-state index contributed by atoms with van der Waals surface area (Å²) in [7, 11) is 3.30. The lowest BCUT2D eigenvalue weighted by molar-refractivity contribution is 0.101. The van der Waals surface area contributed by atoms with Gasteiger partial charge in [-0.15, -0.1) is 0 Å². The van der Waals surface area contributed by atoms with Gasteiger partial charge in [-0.05, 0) is 60.5 Å². The number of carbonyl (C=O) groups excluding carboxylic acids is 1. The van der Waals surface area contributed by atoms with E-state index in [0.717, 1.165) is 11.7 Å². The molecule has 0 aliphatic heterocycles. The summed E-state index contributed by atoms with van der Waals surface area (Å²) in [5.74, 6) is 2.69. The van der Waals surface area contributed by atoms with E-state index in [-0.39, 0.29) is 11.2 Å². The van der Waals surface area contributed by atoms with E-state index in [2.05, 4.69) is 20.8 Å². The first-order chi connectivity index (χ1) is 10.8. The van der Waals surface area contributed by atoms with Crippen molar-refractivity contribution in [2.75, 3.05) is 14.2 Å². The number of ether oxygens (including phenoxy) is 2. The van der Waals surface area contributed by atoms with E-state index in [1.807, 2.05) is 12.1 Å². The number of ketones is 1. The Bertz CT molecular complexity index is 647. The zero-order valence-electron chi connectivity index (χ0n) is 15.2. The van der Waals surface area contributed by atoms with Crippen molar-refractivity contribution in [3.63, 3.8) is 0 Å². The molecule has 0 amide bonds. The second-order valence-electron chi connectivity index (χ2n) is 8.01. The van der Waals surface area contributed by atoms with Gasteiger partial charge in [0.2, 0.25) is 0 Å². The maximum Gasteiger partial charge on any atom is 0.163 e. The summed E-state index contributed by atoms with van der Waals surface area (Å²) >= 11 is 0. The van der Waals surface area contributed by atoms with Gasteiger partial charge in [-0.3, -0.25) is 4.79 Å². The van der Waals surface area contributed by atoms with Gasteiger partial charge in [-0.25, -0.2) is 0 Å². The summed E-state index contributed by atoms with van der Waals surface area (Å²) in [6, 6.07) is 3.90. The van der Waals surface area contributed by atoms with Gasteiger partial charge in [0.15, 0.2) is 5.78 Å². The maximum atomic E-state index is 12.0. The summed E-state index contributed by atoms with van der Waals surface area (Å²) in [5.41, 5.74) is 2.43. The molecule has 2 saturated carbocycles. The van der Waals surface area contributed by atoms with Gasteiger partial charge in [0.25, 0.3) is 0 Å². The van der Waals surface area contributed by atoms with Crippen LogP contribution in [0.1, 0.15) is 68.8 Å². The fourth-order valence-electron chi connectivity index (χ4n) is 5.14. The Morgan fingerprint density at radius 1 is 1.13 bits per heavy atom. The van der Waals surface area contributed by atoms with Crippen LogP contribution >= 0.6 is 0 Å². The molecule has 23 heavy (non-hydrogen) atoms. The van der Waals surface area contributed by atoms with Crippen molar-refractivity contribution in [1.29, 1.82) is 0 Å². The normalized spacial score (nSPS) is 31.2.